The predicted octanol–water partition coefficient (Wildman–Crippen LogP) is 1.86. The fraction of sp³-hybridized carbons (Fsp3) is 0.636. The number of ether oxygens (including phenoxy) is 3. The minimum absolute atomic E-state index is 0.284. The number of aromatic amines is 1. The minimum Gasteiger partial charge on any atom is -0.438 e. The Morgan fingerprint density at radius 3 is 2.11 bits per heavy atom. The van der Waals surface area contributed by atoms with Crippen molar-refractivity contribution in [3.8, 4) is 0 Å². The number of aromatic nitrogens is 2. The van der Waals surface area contributed by atoms with Crippen LogP contribution in [0, 0.1) is 10.8 Å². The Labute approximate surface area is 208 Å². The second kappa shape index (κ2) is 12.1. The fourth-order valence-corrected chi connectivity index (χ4v) is 3.69. The van der Waals surface area contributed by atoms with E-state index in [1.54, 1.807) is 41.5 Å². The third-order valence-corrected chi connectivity index (χ3v) is 6.18. The third kappa shape index (κ3) is 9.14. The lowest BCUT2D eigenvalue weighted by Crippen LogP contribution is -2.45. The second-order valence-electron chi connectivity index (χ2n) is 10.0. The van der Waals surface area contributed by atoms with Gasteiger partial charge in [-0.25, -0.2) is 4.79 Å². The van der Waals surface area contributed by atoms with Crippen LogP contribution in [0.5, 0.6) is 0 Å². The maximum absolute atomic E-state index is 13.3. The van der Waals surface area contributed by atoms with Gasteiger partial charge in [0.1, 0.15) is 0 Å². The molecule has 0 aliphatic carbocycles. The van der Waals surface area contributed by atoms with Gasteiger partial charge in [0.2, 0.25) is 13.6 Å². The normalized spacial score (nSPS) is 19.3. The summed E-state index contributed by atoms with van der Waals surface area (Å²) < 4.78 is 40.8. The van der Waals surface area contributed by atoms with Crippen LogP contribution in [0.2, 0.25) is 0 Å². The second-order valence-corrected chi connectivity index (χ2v) is 11.9. The summed E-state index contributed by atoms with van der Waals surface area (Å²) >= 11 is 0. The van der Waals surface area contributed by atoms with Crippen LogP contribution >= 0.6 is 7.60 Å². The molecule has 1 aromatic rings. The van der Waals surface area contributed by atoms with Gasteiger partial charge in [-0.05, 0) is 47.6 Å². The van der Waals surface area contributed by atoms with Gasteiger partial charge in [0, 0.05) is 31.2 Å². The van der Waals surface area contributed by atoms with Crippen LogP contribution in [0.15, 0.2) is 33.7 Å². The van der Waals surface area contributed by atoms with E-state index >= 15 is 0 Å². The van der Waals surface area contributed by atoms with Crippen molar-refractivity contribution in [1.82, 2.24) is 14.9 Å². The standard InChI is InChI=1S/C22H34N3O10P/c1-21(2,3)18(27)31-13-33-36(30,34-14-32-19(28)22(4,5)6)10-8-15-11-23-12-17(35-15)25-9-7-16(26)24-20(25)29/h7-10,15,17,23H,11-14H2,1-6H3,(H,24,26,29)/b10-8-/t15-,17-/m1/s1. The first-order chi connectivity index (χ1) is 16.6. The summed E-state index contributed by atoms with van der Waals surface area (Å²) in [5.41, 5.74) is -2.78. The van der Waals surface area contributed by atoms with E-state index in [0.29, 0.717) is 6.54 Å². The number of hydrogen-bond acceptors (Lipinski definition) is 11. The van der Waals surface area contributed by atoms with E-state index in [1.165, 1.54) is 22.9 Å². The number of morpholine rings is 1. The highest BCUT2D eigenvalue weighted by atomic mass is 31.2. The lowest BCUT2D eigenvalue weighted by atomic mass is 9.98. The zero-order valence-electron chi connectivity index (χ0n) is 21.3. The van der Waals surface area contributed by atoms with Crippen molar-refractivity contribution in [3.63, 3.8) is 0 Å². The monoisotopic (exact) mass is 531 g/mol. The average molecular weight is 531 g/mol. The van der Waals surface area contributed by atoms with Crippen molar-refractivity contribution in [2.75, 3.05) is 26.7 Å². The molecule has 0 amide bonds. The highest BCUT2D eigenvalue weighted by Gasteiger charge is 2.29. The molecule has 0 radical (unpaired) electrons. The molecule has 1 aliphatic rings. The van der Waals surface area contributed by atoms with E-state index in [2.05, 4.69) is 10.3 Å². The summed E-state index contributed by atoms with van der Waals surface area (Å²) in [5.74, 6) is -0.0508. The molecule has 2 N–H and O–H groups in total. The lowest BCUT2D eigenvalue weighted by molar-refractivity contribution is -0.161. The Balaban J connectivity index is 2.10. The predicted molar refractivity (Wildman–Crippen MR) is 128 cm³/mol. The first-order valence-corrected chi connectivity index (χ1v) is 12.8. The molecular weight excluding hydrogens is 497 g/mol. The molecule has 2 rings (SSSR count). The Morgan fingerprint density at radius 1 is 1.06 bits per heavy atom. The zero-order chi connectivity index (χ0) is 27.1. The largest absolute Gasteiger partial charge is 0.438 e. The van der Waals surface area contributed by atoms with Crippen molar-refractivity contribution in [1.29, 1.82) is 0 Å². The Bertz CT molecular complexity index is 1080. The minimum atomic E-state index is -4.07. The fourth-order valence-electron chi connectivity index (χ4n) is 2.64. The first kappa shape index (κ1) is 29.7. The van der Waals surface area contributed by atoms with Crippen molar-refractivity contribution < 1.29 is 37.4 Å². The van der Waals surface area contributed by atoms with E-state index in [9.17, 15) is 23.7 Å². The summed E-state index contributed by atoms with van der Waals surface area (Å²) in [6, 6.07) is 1.19. The molecule has 0 bridgehead atoms. The molecule has 0 unspecified atom stereocenters. The lowest BCUT2D eigenvalue weighted by Gasteiger charge is -2.30. The number of nitrogens with zero attached hydrogens (tertiary/aromatic N) is 1. The van der Waals surface area contributed by atoms with E-state index in [-0.39, 0.29) is 6.54 Å². The number of H-pyrrole nitrogens is 1. The van der Waals surface area contributed by atoms with E-state index in [1.807, 2.05) is 0 Å². The van der Waals surface area contributed by atoms with Crippen LogP contribution in [-0.4, -0.2) is 54.3 Å². The summed E-state index contributed by atoms with van der Waals surface area (Å²) in [4.78, 5) is 49.5. The molecule has 36 heavy (non-hydrogen) atoms. The van der Waals surface area contributed by atoms with Gasteiger partial charge in [-0.15, -0.1) is 0 Å². The van der Waals surface area contributed by atoms with Crippen molar-refractivity contribution in [3.05, 3.63) is 45.0 Å². The molecule has 1 fully saturated rings. The number of esters is 2. The van der Waals surface area contributed by atoms with E-state index < -0.39 is 67.5 Å². The summed E-state index contributed by atoms with van der Waals surface area (Å²) in [5, 5.41) is 3.07. The Morgan fingerprint density at radius 2 is 1.61 bits per heavy atom. The quantitative estimate of drug-likeness (QED) is 0.271. The number of rotatable bonds is 9. The number of carbonyl (C=O) groups is 2. The van der Waals surface area contributed by atoms with Crippen LogP contribution in [0.3, 0.4) is 0 Å². The van der Waals surface area contributed by atoms with Crippen LogP contribution in [-0.2, 0) is 37.4 Å². The molecule has 2 atom stereocenters. The molecule has 1 saturated heterocycles. The van der Waals surface area contributed by atoms with Gasteiger partial charge in [-0.1, -0.05) is 0 Å². The molecule has 202 valence electrons. The number of carbonyl (C=O) groups excluding carboxylic acids is 2. The summed E-state index contributed by atoms with van der Waals surface area (Å²) in [6.45, 7) is 9.15. The van der Waals surface area contributed by atoms with Crippen LogP contribution in [0.25, 0.3) is 0 Å². The number of nitrogens with one attached hydrogen (secondary N) is 2. The van der Waals surface area contributed by atoms with Crippen LogP contribution in [0.4, 0.5) is 0 Å². The van der Waals surface area contributed by atoms with Crippen molar-refractivity contribution in [2.45, 2.75) is 53.9 Å². The van der Waals surface area contributed by atoms with E-state index in [0.717, 1.165) is 5.82 Å². The van der Waals surface area contributed by atoms with Gasteiger partial charge < -0.3 is 19.5 Å². The van der Waals surface area contributed by atoms with Gasteiger partial charge in [0.05, 0.1) is 16.9 Å². The van der Waals surface area contributed by atoms with E-state index in [4.69, 9.17) is 23.3 Å². The van der Waals surface area contributed by atoms with Crippen LogP contribution < -0.4 is 16.6 Å². The van der Waals surface area contributed by atoms with Gasteiger partial charge in [-0.2, -0.15) is 0 Å². The summed E-state index contributed by atoms with van der Waals surface area (Å²) in [6.07, 6.45) is 1.29. The maximum Gasteiger partial charge on any atom is 0.359 e. The smallest absolute Gasteiger partial charge is 0.359 e. The van der Waals surface area contributed by atoms with Crippen LogP contribution in [0.1, 0.15) is 47.8 Å². The van der Waals surface area contributed by atoms with Gasteiger partial charge in [-0.3, -0.25) is 37.5 Å². The zero-order valence-corrected chi connectivity index (χ0v) is 22.2. The molecular formula is C22H34N3O10P. The molecule has 13 nitrogen and oxygen atoms in total. The molecule has 0 spiro atoms. The van der Waals surface area contributed by atoms with Gasteiger partial charge in [0.25, 0.3) is 5.56 Å². The molecule has 0 aromatic carbocycles. The molecule has 2 heterocycles. The van der Waals surface area contributed by atoms with Gasteiger partial charge >= 0.3 is 25.2 Å². The topological polar surface area (TPSA) is 164 Å². The van der Waals surface area contributed by atoms with Gasteiger partial charge in [0.15, 0.2) is 6.23 Å². The maximum atomic E-state index is 13.3. The highest BCUT2D eigenvalue weighted by Crippen LogP contribution is 2.50. The van der Waals surface area contributed by atoms with Crippen molar-refractivity contribution in [2.24, 2.45) is 10.8 Å². The molecule has 1 aromatic heterocycles. The molecule has 1 aliphatic heterocycles. The average Bonchev–Trinajstić information content (AvgIpc) is 2.76. The highest BCUT2D eigenvalue weighted by molar-refractivity contribution is 7.57. The van der Waals surface area contributed by atoms with Crippen molar-refractivity contribution >= 4 is 19.5 Å². The number of hydrogen-bond donors (Lipinski definition) is 2. The Hall–Kier alpha value is -2.57. The Kier molecular flexibility index (Phi) is 9.98. The molecule has 0 saturated carbocycles. The first-order valence-electron chi connectivity index (χ1n) is 11.2. The molecule has 14 heteroatoms. The SMILES string of the molecule is CC(C)(C)C(=O)OCOP(=O)(/C=C\[C@@H]1CNC[C@H](n2ccc(=O)[nH]c2=O)O1)OCOC(=O)C(C)(C)C. The summed E-state index contributed by atoms with van der Waals surface area (Å²) in [7, 11) is -4.07. The third-order valence-electron chi connectivity index (χ3n) is 4.71.